The Balaban J connectivity index is 2.03. The average Bonchev–Trinajstić information content (AvgIpc) is 2.62. The third kappa shape index (κ3) is 6.25. The molecular formula is C20H18Br2N2O3S. The molecule has 0 saturated heterocycles. The van der Waals surface area contributed by atoms with E-state index in [1.165, 1.54) is 17.7 Å². The first-order valence-electron chi connectivity index (χ1n) is 8.29. The van der Waals surface area contributed by atoms with E-state index in [0.29, 0.717) is 14.9 Å². The molecule has 0 aliphatic carbocycles. The summed E-state index contributed by atoms with van der Waals surface area (Å²) in [5.41, 5.74) is 2.39. The Hall–Kier alpha value is -2.03. The van der Waals surface area contributed by atoms with Gasteiger partial charge in [-0.05, 0) is 63.4 Å². The minimum absolute atomic E-state index is 0.00433. The lowest BCUT2D eigenvalue weighted by Crippen LogP contribution is -2.33. The Morgan fingerprint density at radius 2 is 1.79 bits per heavy atom. The minimum Gasteiger partial charge on any atom is -0.478 e. The number of hydrogen-bond acceptors (Lipinski definition) is 3. The smallest absolute Gasteiger partial charge is 0.337 e. The van der Waals surface area contributed by atoms with E-state index in [9.17, 15) is 14.7 Å². The highest BCUT2D eigenvalue weighted by Crippen LogP contribution is 2.30. The number of nitrogens with one attached hydrogen (secondary N) is 2. The summed E-state index contributed by atoms with van der Waals surface area (Å²) in [7, 11) is 0. The van der Waals surface area contributed by atoms with Crippen LogP contribution in [0.2, 0.25) is 0 Å². The largest absolute Gasteiger partial charge is 0.478 e. The first-order valence-corrected chi connectivity index (χ1v) is 10.3. The van der Waals surface area contributed by atoms with E-state index in [4.69, 9.17) is 12.2 Å². The summed E-state index contributed by atoms with van der Waals surface area (Å²) in [6, 6.07) is 11.0. The molecule has 146 valence electrons. The second kappa shape index (κ2) is 9.95. The Bertz CT molecular complexity index is 941. The highest BCUT2D eigenvalue weighted by Gasteiger charge is 2.16. The van der Waals surface area contributed by atoms with Crippen LogP contribution in [0.4, 0.5) is 5.69 Å². The molecular weight excluding hydrogens is 508 g/mol. The fraction of sp³-hybridized carbons (Fsp3) is 0.150. The highest BCUT2D eigenvalue weighted by atomic mass is 79.9. The van der Waals surface area contributed by atoms with Crippen molar-refractivity contribution < 1.29 is 14.7 Å². The average molecular weight is 526 g/mol. The van der Waals surface area contributed by atoms with Gasteiger partial charge in [0.05, 0.1) is 11.3 Å². The quantitative estimate of drug-likeness (QED) is 0.352. The molecule has 0 radical (unpaired) electrons. The summed E-state index contributed by atoms with van der Waals surface area (Å²) in [6.45, 7) is 4.23. The predicted octanol–water partition coefficient (Wildman–Crippen LogP) is 5.56. The summed E-state index contributed by atoms with van der Waals surface area (Å²) < 4.78 is 1.10. The SMILES string of the molecule is CC(C)c1ccc(/C=C/C(=O)NC(=S)Nc2c(Br)cc(Br)cc2C(=O)O)cc1. The van der Waals surface area contributed by atoms with Crippen molar-refractivity contribution in [3.63, 3.8) is 0 Å². The number of anilines is 1. The monoisotopic (exact) mass is 524 g/mol. The van der Waals surface area contributed by atoms with E-state index in [-0.39, 0.29) is 16.4 Å². The van der Waals surface area contributed by atoms with Crippen molar-refractivity contribution in [2.45, 2.75) is 19.8 Å². The second-order valence-electron chi connectivity index (χ2n) is 6.21. The van der Waals surface area contributed by atoms with E-state index in [1.54, 1.807) is 12.1 Å². The van der Waals surface area contributed by atoms with Crippen LogP contribution in [0.3, 0.4) is 0 Å². The lowest BCUT2D eigenvalue weighted by atomic mass is 10.0. The van der Waals surface area contributed by atoms with Gasteiger partial charge in [-0.2, -0.15) is 0 Å². The predicted molar refractivity (Wildman–Crippen MR) is 123 cm³/mol. The zero-order chi connectivity index (χ0) is 20.8. The maximum atomic E-state index is 12.1. The molecule has 0 heterocycles. The van der Waals surface area contributed by atoms with Gasteiger partial charge in [0.1, 0.15) is 0 Å². The van der Waals surface area contributed by atoms with Gasteiger partial charge in [-0.1, -0.05) is 54.0 Å². The van der Waals surface area contributed by atoms with Gasteiger partial charge in [-0.15, -0.1) is 0 Å². The molecule has 0 fully saturated rings. The van der Waals surface area contributed by atoms with Crippen molar-refractivity contribution in [2.24, 2.45) is 0 Å². The first-order chi connectivity index (χ1) is 13.2. The zero-order valence-corrected chi connectivity index (χ0v) is 19.1. The van der Waals surface area contributed by atoms with Gasteiger partial charge in [0.2, 0.25) is 5.91 Å². The normalized spacial score (nSPS) is 10.9. The third-order valence-electron chi connectivity index (χ3n) is 3.79. The standard InChI is InChI=1S/C20H18Br2N2O3S/c1-11(2)13-6-3-12(4-7-13)5-8-17(25)23-20(28)24-18-15(19(26)27)9-14(21)10-16(18)22/h3-11H,1-2H3,(H,26,27)(H2,23,24,25,28)/b8-5+. The van der Waals surface area contributed by atoms with E-state index in [2.05, 4.69) is 56.3 Å². The number of amides is 1. The van der Waals surface area contributed by atoms with Crippen molar-refractivity contribution in [3.05, 3.63) is 68.1 Å². The Kier molecular flexibility index (Phi) is 7.91. The van der Waals surface area contributed by atoms with Crippen molar-refractivity contribution in [1.82, 2.24) is 5.32 Å². The number of aromatic carboxylic acids is 1. The van der Waals surface area contributed by atoms with Crippen LogP contribution in [0.1, 0.15) is 41.3 Å². The van der Waals surface area contributed by atoms with Crippen LogP contribution in [-0.2, 0) is 4.79 Å². The minimum atomic E-state index is -1.12. The molecule has 0 atom stereocenters. The highest BCUT2D eigenvalue weighted by molar-refractivity contribution is 9.11. The van der Waals surface area contributed by atoms with E-state index < -0.39 is 11.9 Å². The molecule has 0 spiro atoms. The van der Waals surface area contributed by atoms with E-state index in [0.717, 1.165) is 5.56 Å². The molecule has 0 aromatic heterocycles. The number of hydrogen-bond donors (Lipinski definition) is 3. The number of benzene rings is 2. The topological polar surface area (TPSA) is 78.4 Å². The number of carbonyl (C=O) groups is 2. The molecule has 0 bridgehead atoms. The molecule has 2 aromatic carbocycles. The molecule has 28 heavy (non-hydrogen) atoms. The lowest BCUT2D eigenvalue weighted by molar-refractivity contribution is -0.115. The second-order valence-corrected chi connectivity index (χ2v) is 8.39. The van der Waals surface area contributed by atoms with Gasteiger partial charge in [0, 0.05) is 15.0 Å². The molecule has 0 aliphatic rings. The van der Waals surface area contributed by atoms with E-state index in [1.807, 2.05) is 24.3 Å². The summed E-state index contributed by atoms with van der Waals surface area (Å²) in [4.78, 5) is 23.5. The Morgan fingerprint density at radius 3 is 2.36 bits per heavy atom. The first kappa shape index (κ1) is 22.3. The Morgan fingerprint density at radius 1 is 1.14 bits per heavy atom. The van der Waals surface area contributed by atoms with Crippen molar-refractivity contribution >= 4 is 72.8 Å². The lowest BCUT2D eigenvalue weighted by Gasteiger charge is -2.13. The van der Waals surface area contributed by atoms with E-state index >= 15 is 0 Å². The zero-order valence-electron chi connectivity index (χ0n) is 15.1. The Labute approximate surface area is 185 Å². The van der Waals surface area contributed by atoms with Gasteiger partial charge in [-0.25, -0.2) is 4.79 Å². The number of rotatable bonds is 5. The van der Waals surface area contributed by atoms with Gasteiger partial charge < -0.3 is 10.4 Å². The van der Waals surface area contributed by atoms with Crippen LogP contribution >= 0.6 is 44.1 Å². The van der Waals surface area contributed by atoms with Crippen LogP contribution in [0, 0.1) is 0 Å². The number of halogens is 2. The van der Waals surface area contributed by atoms with Gasteiger partial charge in [0.25, 0.3) is 0 Å². The molecule has 2 aromatic rings. The number of carboxylic acid groups (broad SMARTS) is 1. The number of carbonyl (C=O) groups excluding carboxylic acids is 1. The van der Waals surface area contributed by atoms with Crippen molar-refractivity contribution in [2.75, 3.05) is 5.32 Å². The van der Waals surface area contributed by atoms with Gasteiger partial charge >= 0.3 is 5.97 Å². The fourth-order valence-electron chi connectivity index (χ4n) is 2.33. The fourth-order valence-corrected chi connectivity index (χ4v) is 3.86. The summed E-state index contributed by atoms with van der Waals surface area (Å²) in [6.07, 6.45) is 3.05. The molecule has 8 heteroatoms. The van der Waals surface area contributed by atoms with Crippen LogP contribution < -0.4 is 10.6 Å². The summed E-state index contributed by atoms with van der Waals surface area (Å²) in [5, 5.41) is 14.6. The van der Waals surface area contributed by atoms with Crippen molar-refractivity contribution in [1.29, 1.82) is 0 Å². The van der Waals surface area contributed by atoms with Crippen LogP contribution in [0.5, 0.6) is 0 Å². The molecule has 0 saturated carbocycles. The maximum absolute atomic E-state index is 12.1. The molecule has 5 nitrogen and oxygen atoms in total. The molecule has 0 unspecified atom stereocenters. The van der Waals surface area contributed by atoms with Crippen molar-refractivity contribution in [3.8, 4) is 0 Å². The molecule has 2 rings (SSSR count). The number of thiocarbonyl (C=S) groups is 1. The van der Waals surface area contributed by atoms with Gasteiger partial charge in [0.15, 0.2) is 5.11 Å². The third-order valence-corrected chi connectivity index (χ3v) is 5.08. The van der Waals surface area contributed by atoms with Crippen LogP contribution in [0.15, 0.2) is 51.4 Å². The molecule has 0 aliphatic heterocycles. The molecule has 1 amide bonds. The maximum Gasteiger partial charge on any atom is 0.337 e. The summed E-state index contributed by atoms with van der Waals surface area (Å²) >= 11 is 11.7. The van der Waals surface area contributed by atoms with Crippen LogP contribution in [0.25, 0.3) is 6.08 Å². The molecule has 3 N–H and O–H groups in total. The van der Waals surface area contributed by atoms with Crippen LogP contribution in [-0.4, -0.2) is 22.1 Å². The number of carboxylic acids is 1. The summed E-state index contributed by atoms with van der Waals surface area (Å²) in [5.74, 6) is -1.10. The van der Waals surface area contributed by atoms with Gasteiger partial charge in [-0.3, -0.25) is 10.1 Å².